The molecule has 9 nitrogen and oxygen atoms in total. The van der Waals surface area contributed by atoms with Crippen LogP contribution < -0.4 is 20.1 Å². The van der Waals surface area contributed by atoms with E-state index in [0.29, 0.717) is 38.1 Å². The lowest BCUT2D eigenvalue weighted by Gasteiger charge is -2.11. The summed E-state index contributed by atoms with van der Waals surface area (Å²) >= 11 is 0. The smallest absolute Gasteiger partial charge is 0.213 e. The molecule has 0 unspecified atom stereocenters. The van der Waals surface area contributed by atoms with Gasteiger partial charge in [-0.1, -0.05) is 30.3 Å². The van der Waals surface area contributed by atoms with E-state index in [9.17, 15) is 0 Å². The van der Waals surface area contributed by atoms with Gasteiger partial charge in [-0.15, -0.1) is 10.2 Å². The van der Waals surface area contributed by atoms with Crippen LogP contribution >= 0.6 is 0 Å². The third-order valence-corrected chi connectivity index (χ3v) is 4.71. The van der Waals surface area contributed by atoms with Crippen molar-refractivity contribution in [2.24, 2.45) is 4.99 Å². The van der Waals surface area contributed by atoms with Gasteiger partial charge in [-0.25, -0.2) is 9.98 Å². The number of ether oxygens (including phenoxy) is 2. The van der Waals surface area contributed by atoms with Crippen LogP contribution in [-0.2, 0) is 13.1 Å². The minimum Gasteiger partial charge on any atom is -0.490 e. The number of rotatable bonds is 10. The molecule has 0 aliphatic heterocycles. The number of nitrogens with one attached hydrogen (secondary N) is 2. The number of pyridine rings is 2. The summed E-state index contributed by atoms with van der Waals surface area (Å²) in [5.41, 5.74) is 1.80. The Labute approximate surface area is 192 Å². The van der Waals surface area contributed by atoms with E-state index in [4.69, 9.17) is 9.47 Å². The summed E-state index contributed by atoms with van der Waals surface area (Å²) in [5.74, 6) is 2.90. The molecule has 0 aliphatic rings. The average molecular weight is 446 g/mol. The largest absolute Gasteiger partial charge is 0.490 e. The van der Waals surface area contributed by atoms with Crippen LogP contribution in [0.2, 0.25) is 0 Å². The van der Waals surface area contributed by atoms with Gasteiger partial charge < -0.3 is 20.1 Å². The molecule has 0 amide bonds. The molecule has 0 radical (unpaired) electrons. The highest BCUT2D eigenvalue weighted by Gasteiger charge is 2.06. The predicted molar refractivity (Wildman–Crippen MR) is 126 cm³/mol. The summed E-state index contributed by atoms with van der Waals surface area (Å²) in [6, 6.07) is 19.3. The fourth-order valence-corrected chi connectivity index (χ4v) is 3.10. The highest BCUT2D eigenvalue weighted by molar-refractivity contribution is 5.79. The molecule has 2 N–H and O–H groups in total. The van der Waals surface area contributed by atoms with Gasteiger partial charge in [0, 0.05) is 25.0 Å². The molecule has 0 atom stereocenters. The Bertz CT molecular complexity index is 1160. The maximum atomic E-state index is 5.65. The van der Waals surface area contributed by atoms with Crippen molar-refractivity contribution >= 4 is 11.6 Å². The van der Waals surface area contributed by atoms with Crippen molar-refractivity contribution in [3.63, 3.8) is 0 Å². The number of para-hydroxylation sites is 1. The second kappa shape index (κ2) is 11.5. The number of aliphatic imine (C=N–C) groups is 1. The molecule has 0 saturated heterocycles. The van der Waals surface area contributed by atoms with Crippen LogP contribution in [0.1, 0.15) is 18.3 Å². The normalized spacial score (nSPS) is 11.4. The number of nitrogens with zero attached hydrogens (tertiary/aromatic N) is 5. The Kier molecular flexibility index (Phi) is 7.67. The van der Waals surface area contributed by atoms with Crippen LogP contribution in [0.15, 0.2) is 78.0 Å². The molecule has 3 heterocycles. The fraction of sp³-hybridized carbons (Fsp3) is 0.250. The van der Waals surface area contributed by atoms with E-state index in [2.05, 4.69) is 30.8 Å². The first-order valence-corrected chi connectivity index (χ1v) is 10.9. The van der Waals surface area contributed by atoms with Crippen molar-refractivity contribution in [2.45, 2.75) is 20.0 Å². The second-order valence-electron chi connectivity index (χ2n) is 7.11. The number of hydrogen-bond acceptors (Lipinski definition) is 6. The van der Waals surface area contributed by atoms with Crippen molar-refractivity contribution in [3.8, 4) is 11.6 Å². The van der Waals surface area contributed by atoms with Crippen molar-refractivity contribution in [1.29, 1.82) is 0 Å². The van der Waals surface area contributed by atoms with Crippen molar-refractivity contribution < 1.29 is 9.47 Å². The molecule has 0 aliphatic carbocycles. The summed E-state index contributed by atoms with van der Waals surface area (Å²) in [5, 5.41) is 15.0. The zero-order valence-corrected chi connectivity index (χ0v) is 18.5. The molecule has 0 spiro atoms. The quantitative estimate of drug-likeness (QED) is 0.220. The van der Waals surface area contributed by atoms with Crippen LogP contribution in [0.3, 0.4) is 0 Å². The molecule has 170 valence electrons. The number of guanidine groups is 1. The van der Waals surface area contributed by atoms with Gasteiger partial charge >= 0.3 is 0 Å². The minimum absolute atomic E-state index is 0.422. The SMILES string of the molecule is CCNC(=NCc1ccc(OCCOc2ccccc2)nc1)NCc1nnc2ccccn12. The van der Waals surface area contributed by atoms with Gasteiger partial charge in [0.1, 0.15) is 19.0 Å². The molecule has 0 bridgehead atoms. The molecule has 9 heteroatoms. The minimum atomic E-state index is 0.422. The van der Waals surface area contributed by atoms with Crippen molar-refractivity contribution in [1.82, 2.24) is 30.2 Å². The van der Waals surface area contributed by atoms with E-state index in [1.54, 1.807) is 6.20 Å². The summed E-state index contributed by atoms with van der Waals surface area (Å²) < 4.78 is 13.2. The zero-order valence-electron chi connectivity index (χ0n) is 18.5. The van der Waals surface area contributed by atoms with E-state index < -0.39 is 0 Å². The average Bonchev–Trinajstić information content (AvgIpc) is 3.28. The molecular weight excluding hydrogens is 418 g/mol. The summed E-state index contributed by atoms with van der Waals surface area (Å²) in [7, 11) is 0. The molecule has 0 saturated carbocycles. The Hall–Kier alpha value is -4.14. The predicted octanol–water partition coefficient (Wildman–Crippen LogP) is 2.84. The highest BCUT2D eigenvalue weighted by atomic mass is 16.5. The number of fused-ring (bicyclic) bond motifs is 1. The monoisotopic (exact) mass is 445 g/mol. The van der Waals surface area contributed by atoms with E-state index in [1.807, 2.05) is 78.2 Å². The topological polar surface area (TPSA) is 98.0 Å². The van der Waals surface area contributed by atoms with Crippen molar-refractivity contribution in [3.05, 3.63) is 84.4 Å². The van der Waals surface area contributed by atoms with Gasteiger partial charge in [0.05, 0.1) is 13.1 Å². The first-order chi connectivity index (χ1) is 16.3. The van der Waals surface area contributed by atoms with E-state index in [-0.39, 0.29) is 0 Å². The first-order valence-electron chi connectivity index (χ1n) is 10.9. The molecule has 33 heavy (non-hydrogen) atoms. The maximum absolute atomic E-state index is 5.65. The Morgan fingerprint density at radius 2 is 1.79 bits per heavy atom. The summed E-state index contributed by atoms with van der Waals surface area (Å²) in [4.78, 5) is 9.00. The first kappa shape index (κ1) is 22.1. The Morgan fingerprint density at radius 1 is 0.939 bits per heavy atom. The van der Waals surface area contributed by atoms with Crippen molar-refractivity contribution in [2.75, 3.05) is 19.8 Å². The van der Waals surface area contributed by atoms with Gasteiger partial charge in [-0.05, 0) is 36.8 Å². The lowest BCUT2D eigenvalue weighted by atomic mass is 10.3. The van der Waals surface area contributed by atoms with Crippen LogP contribution in [-0.4, -0.2) is 45.3 Å². The highest BCUT2D eigenvalue weighted by Crippen LogP contribution is 2.10. The van der Waals surface area contributed by atoms with Crippen LogP contribution in [0.4, 0.5) is 0 Å². The van der Waals surface area contributed by atoms with Crippen LogP contribution in [0.25, 0.3) is 5.65 Å². The second-order valence-corrected chi connectivity index (χ2v) is 7.11. The molecule has 3 aromatic heterocycles. The van der Waals surface area contributed by atoms with Gasteiger partial charge in [0.15, 0.2) is 17.4 Å². The van der Waals surface area contributed by atoms with Gasteiger partial charge in [-0.2, -0.15) is 0 Å². The van der Waals surface area contributed by atoms with Gasteiger partial charge in [0.25, 0.3) is 0 Å². The van der Waals surface area contributed by atoms with Crippen LogP contribution in [0, 0.1) is 0 Å². The molecule has 4 aromatic rings. The Balaban J connectivity index is 1.26. The zero-order chi connectivity index (χ0) is 22.7. The maximum Gasteiger partial charge on any atom is 0.213 e. The molecule has 4 rings (SSSR count). The lowest BCUT2D eigenvalue weighted by molar-refractivity contribution is 0.212. The van der Waals surface area contributed by atoms with Gasteiger partial charge in [-0.3, -0.25) is 4.40 Å². The van der Waals surface area contributed by atoms with Gasteiger partial charge in [0.2, 0.25) is 5.88 Å². The molecule has 0 fully saturated rings. The van der Waals surface area contributed by atoms with Crippen LogP contribution in [0.5, 0.6) is 11.6 Å². The third kappa shape index (κ3) is 6.42. The number of benzene rings is 1. The lowest BCUT2D eigenvalue weighted by Crippen LogP contribution is -2.37. The Morgan fingerprint density at radius 3 is 2.61 bits per heavy atom. The fourth-order valence-electron chi connectivity index (χ4n) is 3.10. The molecule has 1 aromatic carbocycles. The molecular formula is C24H27N7O2. The standard InChI is InChI=1S/C24H27N7O2/c1-2-25-24(28-18-22-30-29-21-10-6-7-13-31(21)22)27-17-19-11-12-23(26-16-19)33-15-14-32-20-8-4-3-5-9-20/h3-13,16H,2,14-15,17-18H2,1H3,(H2,25,27,28). The number of hydrogen-bond donors (Lipinski definition) is 2. The summed E-state index contributed by atoms with van der Waals surface area (Å²) in [6.07, 6.45) is 3.71. The van der Waals surface area contributed by atoms with E-state index in [1.165, 1.54) is 0 Å². The van der Waals surface area contributed by atoms with E-state index >= 15 is 0 Å². The summed E-state index contributed by atoms with van der Waals surface area (Å²) in [6.45, 7) is 4.65. The third-order valence-electron chi connectivity index (χ3n) is 4.71. The van der Waals surface area contributed by atoms with E-state index in [0.717, 1.165) is 29.3 Å². The number of aromatic nitrogens is 4.